The molecular weight excluding hydrogens is 400 g/mol. The van der Waals surface area contributed by atoms with Crippen LogP contribution in [0.25, 0.3) is 0 Å². The van der Waals surface area contributed by atoms with E-state index in [2.05, 4.69) is 10.9 Å². The van der Waals surface area contributed by atoms with E-state index >= 15 is 0 Å². The summed E-state index contributed by atoms with van der Waals surface area (Å²) in [4.78, 5) is 24.2. The highest BCUT2D eigenvalue weighted by atomic mass is 35.5. The van der Waals surface area contributed by atoms with Gasteiger partial charge in [0, 0.05) is 16.3 Å². The molecule has 0 saturated heterocycles. The van der Waals surface area contributed by atoms with Crippen molar-refractivity contribution in [2.24, 2.45) is 0 Å². The first-order chi connectivity index (χ1) is 13.4. The van der Waals surface area contributed by atoms with Gasteiger partial charge in [0.15, 0.2) is 11.5 Å². The Morgan fingerprint density at radius 3 is 2.57 bits per heavy atom. The van der Waals surface area contributed by atoms with Gasteiger partial charge in [0.05, 0.1) is 19.0 Å². The average Bonchev–Trinajstić information content (AvgIpc) is 2.66. The van der Waals surface area contributed by atoms with Crippen LogP contribution in [-0.2, 0) is 10.5 Å². The number of rotatable bonds is 8. The third-order valence-corrected chi connectivity index (χ3v) is 4.73. The molecule has 6 nitrogen and oxygen atoms in total. The molecule has 0 atom stereocenters. The number of ether oxygens (including phenoxy) is 2. The minimum absolute atomic E-state index is 0.0164. The fourth-order valence-corrected chi connectivity index (χ4v) is 3.27. The molecule has 0 aliphatic rings. The number of hydrogen-bond donors (Lipinski definition) is 2. The molecule has 0 aliphatic carbocycles. The van der Waals surface area contributed by atoms with Gasteiger partial charge in [-0.1, -0.05) is 23.7 Å². The van der Waals surface area contributed by atoms with Crippen molar-refractivity contribution >= 4 is 35.2 Å². The van der Waals surface area contributed by atoms with Crippen molar-refractivity contribution in [2.75, 3.05) is 12.9 Å². The predicted molar refractivity (Wildman–Crippen MR) is 112 cm³/mol. The predicted octanol–water partition coefficient (Wildman–Crippen LogP) is 3.83. The number of hydrazine groups is 1. The van der Waals surface area contributed by atoms with Crippen molar-refractivity contribution < 1.29 is 19.1 Å². The van der Waals surface area contributed by atoms with Crippen molar-refractivity contribution in [3.63, 3.8) is 0 Å². The Kier molecular flexibility index (Phi) is 8.47. The zero-order chi connectivity index (χ0) is 20.5. The van der Waals surface area contributed by atoms with Crippen molar-refractivity contribution in [3.05, 3.63) is 58.6 Å². The highest BCUT2D eigenvalue weighted by Gasteiger charge is 2.13. The second kappa shape index (κ2) is 10.8. The first kappa shape index (κ1) is 21.9. The first-order valence-electron chi connectivity index (χ1n) is 8.65. The number of hydrogen-bond acceptors (Lipinski definition) is 5. The van der Waals surface area contributed by atoms with E-state index in [0.717, 1.165) is 5.56 Å². The third-order valence-electron chi connectivity index (χ3n) is 3.49. The fraction of sp³-hybridized carbons (Fsp3) is 0.300. The minimum Gasteiger partial charge on any atom is -0.493 e. The molecule has 2 amide bonds. The molecule has 2 aromatic carbocycles. The maximum Gasteiger partial charge on any atom is 0.269 e. The van der Waals surface area contributed by atoms with Crippen LogP contribution < -0.4 is 20.3 Å². The molecule has 28 heavy (non-hydrogen) atoms. The molecular formula is C20H23ClN2O4S. The van der Waals surface area contributed by atoms with Crippen molar-refractivity contribution in [3.8, 4) is 11.5 Å². The molecule has 150 valence electrons. The van der Waals surface area contributed by atoms with Gasteiger partial charge in [-0.05, 0) is 49.7 Å². The summed E-state index contributed by atoms with van der Waals surface area (Å²) in [5.41, 5.74) is 6.18. The molecule has 0 unspecified atom stereocenters. The second-order valence-corrected chi connectivity index (χ2v) is 7.58. The van der Waals surface area contributed by atoms with Gasteiger partial charge in [-0.3, -0.25) is 20.4 Å². The molecule has 0 aromatic heterocycles. The highest BCUT2D eigenvalue weighted by Crippen LogP contribution is 2.28. The number of amides is 2. The van der Waals surface area contributed by atoms with Gasteiger partial charge < -0.3 is 9.47 Å². The Balaban J connectivity index is 1.81. The Labute approximate surface area is 173 Å². The van der Waals surface area contributed by atoms with E-state index in [4.69, 9.17) is 21.1 Å². The van der Waals surface area contributed by atoms with Crippen LogP contribution in [0.4, 0.5) is 0 Å². The summed E-state index contributed by atoms with van der Waals surface area (Å²) in [5.74, 6) is 1.11. The number of nitrogens with one attached hydrogen (secondary N) is 2. The Morgan fingerprint density at radius 1 is 1.11 bits per heavy atom. The van der Waals surface area contributed by atoms with Crippen LogP contribution in [0.2, 0.25) is 5.02 Å². The molecule has 0 saturated carbocycles. The van der Waals surface area contributed by atoms with Crippen molar-refractivity contribution in [1.29, 1.82) is 0 Å². The van der Waals surface area contributed by atoms with Crippen LogP contribution in [0.5, 0.6) is 11.5 Å². The van der Waals surface area contributed by atoms with Gasteiger partial charge in [0.2, 0.25) is 5.91 Å². The molecule has 2 N–H and O–H groups in total. The first-order valence-corrected chi connectivity index (χ1v) is 10.2. The molecule has 0 radical (unpaired) electrons. The van der Waals surface area contributed by atoms with Crippen LogP contribution in [0, 0.1) is 0 Å². The minimum atomic E-state index is -0.442. The summed E-state index contributed by atoms with van der Waals surface area (Å²) >= 11 is 7.36. The summed E-state index contributed by atoms with van der Waals surface area (Å²) in [7, 11) is 1.50. The molecule has 0 fully saturated rings. The van der Waals surface area contributed by atoms with E-state index in [-0.39, 0.29) is 17.8 Å². The SMILES string of the molecule is COc1cc(C(=O)NNC(=O)CSCc2cccc(Cl)c2)ccc1OC(C)C. The molecule has 0 bridgehead atoms. The van der Waals surface area contributed by atoms with Crippen LogP contribution in [0.15, 0.2) is 42.5 Å². The summed E-state index contributed by atoms with van der Waals surface area (Å²) in [6.45, 7) is 3.81. The van der Waals surface area contributed by atoms with Crippen LogP contribution in [0.3, 0.4) is 0 Å². The van der Waals surface area contributed by atoms with Gasteiger partial charge in [-0.2, -0.15) is 0 Å². The molecule has 0 heterocycles. The van der Waals surface area contributed by atoms with Gasteiger partial charge >= 0.3 is 0 Å². The summed E-state index contributed by atoms with van der Waals surface area (Å²) in [6.07, 6.45) is -0.0164. The van der Waals surface area contributed by atoms with Crippen molar-refractivity contribution in [2.45, 2.75) is 25.7 Å². The highest BCUT2D eigenvalue weighted by molar-refractivity contribution is 7.99. The maximum absolute atomic E-state index is 12.2. The summed E-state index contributed by atoms with van der Waals surface area (Å²) in [5, 5.41) is 0.662. The molecule has 8 heteroatoms. The third kappa shape index (κ3) is 6.98. The Bertz CT molecular complexity index is 830. The average molecular weight is 423 g/mol. The lowest BCUT2D eigenvalue weighted by Gasteiger charge is -2.14. The van der Waals surface area contributed by atoms with E-state index in [1.807, 2.05) is 32.0 Å². The monoisotopic (exact) mass is 422 g/mol. The Morgan fingerprint density at radius 2 is 1.89 bits per heavy atom. The normalized spacial score (nSPS) is 10.5. The zero-order valence-corrected chi connectivity index (χ0v) is 17.5. The molecule has 2 aromatic rings. The summed E-state index contributed by atoms with van der Waals surface area (Å²) in [6, 6.07) is 12.3. The van der Waals surface area contributed by atoms with E-state index in [0.29, 0.717) is 27.8 Å². The largest absolute Gasteiger partial charge is 0.493 e. The fourth-order valence-electron chi connectivity index (χ4n) is 2.28. The van der Waals surface area contributed by atoms with Gasteiger partial charge in [-0.25, -0.2) is 0 Å². The van der Waals surface area contributed by atoms with Crippen LogP contribution in [0.1, 0.15) is 29.8 Å². The van der Waals surface area contributed by atoms with Gasteiger partial charge in [0.25, 0.3) is 5.91 Å². The van der Waals surface area contributed by atoms with Crippen LogP contribution in [-0.4, -0.2) is 30.8 Å². The molecule has 0 aliphatic heterocycles. The number of halogens is 1. The van der Waals surface area contributed by atoms with E-state index in [1.165, 1.54) is 18.9 Å². The van der Waals surface area contributed by atoms with Gasteiger partial charge in [0.1, 0.15) is 0 Å². The maximum atomic E-state index is 12.2. The lowest BCUT2D eigenvalue weighted by Crippen LogP contribution is -2.42. The second-order valence-electron chi connectivity index (χ2n) is 6.16. The standard InChI is InChI=1S/C20H23ClN2O4S/c1-13(2)27-17-8-7-15(10-18(17)26-3)20(25)23-22-19(24)12-28-11-14-5-4-6-16(21)9-14/h4-10,13H,11-12H2,1-3H3,(H,22,24)(H,23,25). The number of benzene rings is 2. The lowest BCUT2D eigenvalue weighted by atomic mass is 10.2. The smallest absolute Gasteiger partial charge is 0.269 e. The van der Waals surface area contributed by atoms with E-state index < -0.39 is 5.91 Å². The number of carbonyl (C=O) groups excluding carboxylic acids is 2. The van der Waals surface area contributed by atoms with Crippen LogP contribution >= 0.6 is 23.4 Å². The number of methoxy groups -OCH3 is 1. The Hall–Kier alpha value is -2.38. The number of thioether (sulfide) groups is 1. The quantitative estimate of drug-likeness (QED) is 0.632. The van der Waals surface area contributed by atoms with E-state index in [1.54, 1.807) is 24.3 Å². The summed E-state index contributed by atoms with van der Waals surface area (Å²) < 4.78 is 10.9. The lowest BCUT2D eigenvalue weighted by molar-refractivity contribution is -0.119. The topological polar surface area (TPSA) is 76.7 Å². The van der Waals surface area contributed by atoms with Crippen molar-refractivity contribution in [1.82, 2.24) is 10.9 Å². The molecule has 2 rings (SSSR count). The van der Waals surface area contributed by atoms with E-state index in [9.17, 15) is 9.59 Å². The molecule has 0 spiro atoms. The zero-order valence-electron chi connectivity index (χ0n) is 16.0. The number of carbonyl (C=O) groups is 2. The van der Waals surface area contributed by atoms with Gasteiger partial charge in [-0.15, -0.1) is 11.8 Å².